The Morgan fingerprint density at radius 1 is 1.40 bits per heavy atom. The number of aromatic nitrogens is 2. The van der Waals surface area contributed by atoms with Crippen LogP contribution in [0.5, 0.6) is 0 Å². The fourth-order valence-electron chi connectivity index (χ4n) is 3.17. The summed E-state index contributed by atoms with van der Waals surface area (Å²) in [5.74, 6) is 1.39. The minimum atomic E-state index is -0.184. The maximum absolute atomic E-state index is 5.63. The molecule has 6 nitrogen and oxygen atoms in total. The molecule has 1 N–H and O–H groups in total. The van der Waals surface area contributed by atoms with Crippen LogP contribution < -0.4 is 5.32 Å². The first-order chi connectivity index (χ1) is 9.84. The van der Waals surface area contributed by atoms with E-state index in [9.17, 15) is 0 Å². The second-order valence-corrected chi connectivity index (χ2v) is 5.70. The lowest BCUT2D eigenvalue weighted by atomic mass is 9.77. The van der Waals surface area contributed by atoms with Crippen LogP contribution in [0, 0.1) is 0 Å². The Morgan fingerprint density at radius 2 is 2.35 bits per heavy atom. The predicted octanol–water partition coefficient (Wildman–Crippen LogP) is 1.58. The summed E-state index contributed by atoms with van der Waals surface area (Å²) in [5, 5.41) is 7.59. The molecule has 2 unspecified atom stereocenters. The first-order valence-corrected chi connectivity index (χ1v) is 7.58. The molecule has 0 amide bonds. The highest BCUT2D eigenvalue weighted by Crippen LogP contribution is 2.35. The third-order valence-electron chi connectivity index (χ3n) is 4.20. The van der Waals surface area contributed by atoms with E-state index in [0.29, 0.717) is 25.6 Å². The summed E-state index contributed by atoms with van der Waals surface area (Å²) in [4.78, 5) is 4.63. The van der Waals surface area contributed by atoms with E-state index in [1.165, 1.54) is 0 Å². The van der Waals surface area contributed by atoms with Gasteiger partial charge in [0.05, 0.1) is 25.2 Å². The monoisotopic (exact) mass is 281 g/mol. The highest BCUT2D eigenvalue weighted by molar-refractivity contribution is 5.09. The molecule has 0 aromatic carbocycles. The molecule has 2 atom stereocenters. The van der Waals surface area contributed by atoms with Crippen molar-refractivity contribution in [2.75, 3.05) is 32.9 Å². The van der Waals surface area contributed by atoms with E-state index in [1.54, 1.807) is 0 Å². The van der Waals surface area contributed by atoms with Crippen molar-refractivity contribution in [3.63, 3.8) is 0 Å². The lowest BCUT2D eigenvalue weighted by Crippen LogP contribution is -2.43. The molecule has 2 aliphatic heterocycles. The molecule has 0 bridgehead atoms. The summed E-state index contributed by atoms with van der Waals surface area (Å²) in [6.07, 6.45) is 4.26. The second-order valence-electron chi connectivity index (χ2n) is 5.70. The molecule has 3 rings (SSSR count). The van der Waals surface area contributed by atoms with Crippen molar-refractivity contribution in [1.29, 1.82) is 0 Å². The highest BCUT2D eigenvalue weighted by Gasteiger charge is 2.39. The van der Waals surface area contributed by atoms with Crippen LogP contribution in [-0.4, -0.2) is 43.1 Å². The number of nitrogens with one attached hydrogen (secondary N) is 1. The van der Waals surface area contributed by atoms with E-state index in [-0.39, 0.29) is 11.5 Å². The summed E-state index contributed by atoms with van der Waals surface area (Å²) in [5.41, 5.74) is -0.00618. The number of nitrogens with zero attached hydrogens (tertiary/aromatic N) is 2. The van der Waals surface area contributed by atoms with Gasteiger partial charge in [-0.15, -0.1) is 0 Å². The standard InChI is InChI=1S/C14H23N3O3/c1-2-4-14(5-3-6-15-10-14)13-16-12(17-20-13)11-9-18-7-8-19-11/h11,15H,2-10H2,1H3. The Hall–Kier alpha value is -0.980. The molecule has 1 aromatic heterocycles. The summed E-state index contributed by atoms with van der Waals surface area (Å²) in [7, 11) is 0. The zero-order valence-electron chi connectivity index (χ0n) is 12.1. The Labute approximate surface area is 119 Å². The molecule has 0 aliphatic carbocycles. The maximum Gasteiger partial charge on any atom is 0.234 e. The van der Waals surface area contributed by atoms with E-state index in [2.05, 4.69) is 22.4 Å². The molecule has 112 valence electrons. The molecule has 1 aromatic rings. The minimum absolute atomic E-state index is 0.00618. The molecule has 0 radical (unpaired) electrons. The van der Waals surface area contributed by atoms with Crippen molar-refractivity contribution in [2.45, 2.75) is 44.1 Å². The SMILES string of the molecule is CCCC1(c2nc(C3COCCO3)no2)CCCNC1. The zero-order chi connectivity index (χ0) is 13.8. The van der Waals surface area contributed by atoms with Crippen molar-refractivity contribution in [1.82, 2.24) is 15.5 Å². The fraction of sp³-hybridized carbons (Fsp3) is 0.857. The molecule has 20 heavy (non-hydrogen) atoms. The Bertz CT molecular complexity index is 418. The topological polar surface area (TPSA) is 69.4 Å². The van der Waals surface area contributed by atoms with Gasteiger partial charge in [0.1, 0.15) is 6.10 Å². The molecule has 6 heteroatoms. The number of hydrogen-bond donors (Lipinski definition) is 1. The van der Waals surface area contributed by atoms with Gasteiger partial charge in [0.15, 0.2) is 0 Å². The van der Waals surface area contributed by atoms with Crippen LogP contribution in [0.3, 0.4) is 0 Å². The van der Waals surface area contributed by atoms with E-state index in [1.807, 2.05) is 0 Å². The van der Waals surface area contributed by atoms with Crippen molar-refractivity contribution >= 4 is 0 Å². The first-order valence-electron chi connectivity index (χ1n) is 7.58. The van der Waals surface area contributed by atoms with Gasteiger partial charge >= 0.3 is 0 Å². The molecular formula is C14H23N3O3. The van der Waals surface area contributed by atoms with Crippen LogP contribution in [-0.2, 0) is 14.9 Å². The second kappa shape index (κ2) is 6.20. The van der Waals surface area contributed by atoms with Gasteiger partial charge in [0.25, 0.3) is 0 Å². The Kier molecular flexibility index (Phi) is 4.33. The van der Waals surface area contributed by atoms with Gasteiger partial charge in [-0.3, -0.25) is 0 Å². The van der Waals surface area contributed by atoms with Crippen molar-refractivity contribution in [3.8, 4) is 0 Å². The number of ether oxygens (including phenoxy) is 2. The van der Waals surface area contributed by atoms with Crippen LogP contribution in [0.4, 0.5) is 0 Å². The van der Waals surface area contributed by atoms with Crippen molar-refractivity contribution in [3.05, 3.63) is 11.7 Å². The van der Waals surface area contributed by atoms with Gasteiger partial charge in [-0.1, -0.05) is 18.5 Å². The van der Waals surface area contributed by atoms with E-state index < -0.39 is 0 Å². The minimum Gasteiger partial charge on any atom is -0.376 e. The van der Waals surface area contributed by atoms with Crippen molar-refractivity contribution < 1.29 is 14.0 Å². The van der Waals surface area contributed by atoms with Crippen LogP contribution in [0.2, 0.25) is 0 Å². The third kappa shape index (κ3) is 2.73. The normalized spacial score (nSPS) is 31.4. The van der Waals surface area contributed by atoms with Gasteiger partial charge < -0.3 is 19.3 Å². The van der Waals surface area contributed by atoms with E-state index in [4.69, 9.17) is 14.0 Å². The van der Waals surface area contributed by atoms with Crippen LogP contribution >= 0.6 is 0 Å². The molecule has 3 heterocycles. The largest absolute Gasteiger partial charge is 0.376 e. The number of piperidine rings is 1. The van der Waals surface area contributed by atoms with Crippen LogP contribution in [0.25, 0.3) is 0 Å². The smallest absolute Gasteiger partial charge is 0.234 e. The summed E-state index contributed by atoms with van der Waals surface area (Å²) < 4.78 is 16.6. The molecule has 2 saturated heterocycles. The lowest BCUT2D eigenvalue weighted by Gasteiger charge is -2.34. The molecule has 2 aliphatic rings. The van der Waals surface area contributed by atoms with E-state index >= 15 is 0 Å². The summed E-state index contributed by atoms with van der Waals surface area (Å²) >= 11 is 0. The summed E-state index contributed by atoms with van der Waals surface area (Å²) in [6, 6.07) is 0. The van der Waals surface area contributed by atoms with Gasteiger partial charge in [0, 0.05) is 6.54 Å². The molecule has 2 fully saturated rings. The van der Waals surface area contributed by atoms with E-state index in [0.717, 1.165) is 44.7 Å². The van der Waals surface area contributed by atoms with Crippen molar-refractivity contribution in [2.24, 2.45) is 0 Å². The average Bonchev–Trinajstić information content (AvgIpc) is 3.00. The van der Waals surface area contributed by atoms with Crippen LogP contribution in [0.15, 0.2) is 4.52 Å². The Morgan fingerprint density at radius 3 is 3.05 bits per heavy atom. The maximum atomic E-state index is 5.63. The predicted molar refractivity (Wildman–Crippen MR) is 72.5 cm³/mol. The lowest BCUT2D eigenvalue weighted by molar-refractivity contribution is -0.0941. The fourth-order valence-corrected chi connectivity index (χ4v) is 3.17. The highest BCUT2D eigenvalue weighted by atomic mass is 16.6. The number of rotatable bonds is 4. The average molecular weight is 281 g/mol. The summed E-state index contributed by atoms with van der Waals surface area (Å²) in [6.45, 7) is 5.95. The molecule has 0 saturated carbocycles. The Balaban J connectivity index is 1.79. The third-order valence-corrected chi connectivity index (χ3v) is 4.20. The van der Waals surface area contributed by atoms with Gasteiger partial charge in [-0.05, 0) is 25.8 Å². The van der Waals surface area contributed by atoms with Gasteiger partial charge in [-0.25, -0.2) is 0 Å². The van der Waals surface area contributed by atoms with Gasteiger partial charge in [0.2, 0.25) is 11.7 Å². The quantitative estimate of drug-likeness (QED) is 0.903. The van der Waals surface area contributed by atoms with Gasteiger partial charge in [-0.2, -0.15) is 4.98 Å². The zero-order valence-corrected chi connectivity index (χ0v) is 12.1. The molecular weight excluding hydrogens is 258 g/mol. The first kappa shape index (κ1) is 14.0. The number of hydrogen-bond acceptors (Lipinski definition) is 6. The molecule has 0 spiro atoms. The van der Waals surface area contributed by atoms with Crippen LogP contribution in [0.1, 0.15) is 50.4 Å².